The lowest BCUT2D eigenvalue weighted by Gasteiger charge is -2.40. The van der Waals surface area contributed by atoms with Gasteiger partial charge in [-0.3, -0.25) is 4.90 Å². The number of hydrogen-bond donors (Lipinski definition) is 1. The lowest BCUT2D eigenvalue weighted by Crippen LogP contribution is -2.43. The van der Waals surface area contributed by atoms with Gasteiger partial charge in [0.2, 0.25) is 5.95 Å². The molecule has 0 bridgehead atoms. The van der Waals surface area contributed by atoms with E-state index in [0.717, 1.165) is 29.8 Å². The molecule has 26 heavy (non-hydrogen) atoms. The third-order valence-electron chi connectivity index (χ3n) is 5.90. The zero-order valence-corrected chi connectivity index (χ0v) is 15.2. The number of nitrogens with zero attached hydrogens (tertiary/aromatic N) is 3. The summed E-state index contributed by atoms with van der Waals surface area (Å²) in [7, 11) is 0. The number of benzene rings is 1. The predicted molar refractivity (Wildman–Crippen MR) is 102 cm³/mol. The van der Waals surface area contributed by atoms with E-state index >= 15 is 0 Å². The molecule has 1 aliphatic heterocycles. The molecule has 2 aliphatic rings. The first-order valence-electron chi connectivity index (χ1n) is 9.83. The Morgan fingerprint density at radius 3 is 2.73 bits per heavy atom. The number of nitrogen functional groups attached to an aromatic ring is 1. The molecule has 2 fully saturated rings. The fourth-order valence-corrected chi connectivity index (χ4v) is 4.61. The van der Waals surface area contributed by atoms with Gasteiger partial charge in [0.05, 0.1) is 5.69 Å². The van der Waals surface area contributed by atoms with Crippen LogP contribution in [0.3, 0.4) is 0 Å². The SMILES string of the molecule is Nc1ncc(-c2cccc(F)c2)c(C2CCCN(C3CCCCC3)C2)n1. The molecule has 1 aromatic heterocycles. The molecular formula is C21H27FN4. The third-order valence-corrected chi connectivity index (χ3v) is 5.90. The summed E-state index contributed by atoms with van der Waals surface area (Å²) in [6, 6.07) is 7.39. The maximum Gasteiger partial charge on any atom is 0.220 e. The normalized spacial score (nSPS) is 22.4. The first kappa shape index (κ1) is 17.4. The van der Waals surface area contributed by atoms with Crippen molar-refractivity contribution in [1.82, 2.24) is 14.9 Å². The molecule has 2 heterocycles. The van der Waals surface area contributed by atoms with Crippen LogP contribution < -0.4 is 5.73 Å². The van der Waals surface area contributed by atoms with Crippen molar-refractivity contribution in [3.05, 3.63) is 42.0 Å². The largest absolute Gasteiger partial charge is 0.368 e. The highest BCUT2D eigenvalue weighted by atomic mass is 19.1. The number of rotatable bonds is 3. The van der Waals surface area contributed by atoms with E-state index in [2.05, 4.69) is 14.9 Å². The number of anilines is 1. The summed E-state index contributed by atoms with van der Waals surface area (Å²) in [6.07, 6.45) is 10.7. The lowest BCUT2D eigenvalue weighted by molar-refractivity contribution is 0.118. The fraction of sp³-hybridized carbons (Fsp3) is 0.524. The van der Waals surface area contributed by atoms with Gasteiger partial charge in [-0.05, 0) is 49.9 Å². The number of piperidine rings is 1. The van der Waals surface area contributed by atoms with Crippen molar-refractivity contribution < 1.29 is 4.39 Å². The predicted octanol–water partition coefficient (Wildman–Crippen LogP) is 4.38. The maximum absolute atomic E-state index is 13.7. The van der Waals surface area contributed by atoms with Crippen LogP contribution in [0.25, 0.3) is 11.1 Å². The van der Waals surface area contributed by atoms with Crippen LogP contribution in [-0.4, -0.2) is 34.0 Å². The summed E-state index contributed by atoms with van der Waals surface area (Å²) in [5.74, 6) is 0.391. The molecule has 0 radical (unpaired) electrons. The van der Waals surface area contributed by atoms with Gasteiger partial charge in [-0.25, -0.2) is 14.4 Å². The Balaban J connectivity index is 1.63. The second kappa shape index (κ2) is 7.70. The van der Waals surface area contributed by atoms with Gasteiger partial charge in [-0.15, -0.1) is 0 Å². The minimum absolute atomic E-state index is 0.238. The van der Waals surface area contributed by atoms with E-state index in [0.29, 0.717) is 17.9 Å². The molecule has 1 aliphatic carbocycles. The van der Waals surface area contributed by atoms with Crippen molar-refractivity contribution in [3.8, 4) is 11.1 Å². The van der Waals surface area contributed by atoms with Gasteiger partial charge in [0, 0.05) is 30.3 Å². The van der Waals surface area contributed by atoms with Crippen LogP contribution in [0, 0.1) is 5.82 Å². The van der Waals surface area contributed by atoms with Crippen molar-refractivity contribution in [3.63, 3.8) is 0 Å². The highest BCUT2D eigenvalue weighted by molar-refractivity contribution is 5.66. The van der Waals surface area contributed by atoms with Crippen LogP contribution in [0.5, 0.6) is 0 Å². The average molecular weight is 354 g/mol. The molecule has 1 aromatic carbocycles. The standard InChI is InChI=1S/C21H27FN4/c22-17-8-4-6-15(12-17)19-13-24-21(23)25-20(19)16-7-5-11-26(14-16)18-9-2-1-3-10-18/h4,6,8,12-13,16,18H,1-3,5,7,9-11,14H2,(H2,23,24,25). The van der Waals surface area contributed by atoms with Gasteiger partial charge in [-0.1, -0.05) is 31.4 Å². The van der Waals surface area contributed by atoms with Crippen LogP contribution in [0.2, 0.25) is 0 Å². The molecule has 1 saturated heterocycles. The second-order valence-corrected chi connectivity index (χ2v) is 7.66. The maximum atomic E-state index is 13.7. The molecule has 138 valence electrons. The van der Waals surface area contributed by atoms with Crippen molar-refractivity contribution in [2.24, 2.45) is 0 Å². The van der Waals surface area contributed by atoms with E-state index < -0.39 is 0 Å². The van der Waals surface area contributed by atoms with Gasteiger partial charge in [0.15, 0.2) is 0 Å². The Bertz CT molecular complexity index is 757. The number of aromatic nitrogens is 2. The van der Waals surface area contributed by atoms with Gasteiger partial charge >= 0.3 is 0 Å². The van der Waals surface area contributed by atoms with Crippen LogP contribution in [0.1, 0.15) is 56.6 Å². The summed E-state index contributed by atoms with van der Waals surface area (Å²) in [5.41, 5.74) is 8.63. The first-order valence-corrected chi connectivity index (χ1v) is 9.83. The molecule has 5 heteroatoms. The van der Waals surface area contributed by atoms with Crippen molar-refractivity contribution in [1.29, 1.82) is 0 Å². The van der Waals surface area contributed by atoms with Crippen LogP contribution >= 0.6 is 0 Å². The molecule has 1 saturated carbocycles. The third kappa shape index (κ3) is 3.73. The monoisotopic (exact) mass is 354 g/mol. The Morgan fingerprint density at radius 1 is 1.08 bits per heavy atom. The molecule has 1 unspecified atom stereocenters. The van der Waals surface area contributed by atoms with E-state index in [-0.39, 0.29) is 5.82 Å². The van der Waals surface area contributed by atoms with E-state index in [1.54, 1.807) is 18.3 Å². The molecule has 0 spiro atoms. The molecular weight excluding hydrogens is 327 g/mol. The zero-order valence-electron chi connectivity index (χ0n) is 15.2. The summed E-state index contributed by atoms with van der Waals surface area (Å²) in [6.45, 7) is 2.19. The summed E-state index contributed by atoms with van der Waals surface area (Å²) >= 11 is 0. The van der Waals surface area contributed by atoms with Gasteiger partial charge in [0.25, 0.3) is 0 Å². The summed E-state index contributed by atoms with van der Waals surface area (Å²) in [5, 5.41) is 0. The molecule has 0 amide bonds. The number of likely N-dealkylation sites (tertiary alicyclic amines) is 1. The van der Waals surface area contributed by atoms with Gasteiger partial charge < -0.3 is 5.73 Å². The first-order chi connectivity index (χ1) is 12.7. The molecule has 4 rings (SSSR count). The smallest absolute Gasteiger partial charge is 0.220 e. The van der Waals surface area contributed by atoms with Crippen LogP contribution in [0.4, 0.5) is 10.3 Å². The Labute approximate surface area is 154 Å². The Morgan fingerprint density at radius 2 is 1.92 bits per heavy atom. The minimum Gasteiger partial charge on any atom is -0.368 e. The summed E-state index contributed by atoms with van der Waals surface area (Å²) in [4.78, 5) is 11.4. The lowest BCUT2D eigenvalue weighted by atomic mass is 9.87. The highest BCUT2D eigenvalue weighted by Crippen LogP contribution is 2.35. The molecule has 2 aromatic rings. The Kier molecular flexibility index (Phi) is 5.16. The van der Waals surface area contributed by atoms with Crippen LogP contribution in [0.15, 0.2) is 30.5 Å². The second-order valence-electron chi connectivity index (χ2n) is 7.66. The quantitative estimate of drug-likeness (QED) is 0.889. The Hall–Kier alpha value is -2.01. The van der Waals surface area contributed by atoms with Crippen LogP contribution in [-0.2, 0) is 0 Å². The van der Waals surface area contributed by atoms with E-state index in [1.165, 1.54) is 51.1 Å². The van der Waals surface area contributed by atoms with E-state index in [1.807, 2.05) is 6.07 Å². The summed E-state index contributed by atoms with van der Waals surface area (Å²) < 4.78 is 13.7. The van der Waals surface area contributed by atoms with E-state index in [4.69, 9.17) is 5.73 Å². The van der Waals surface area contributed by atoms with Crippen molar-refractivity contribution in [2.45, 2.75) is 56.9 Å². The number of halogens is 1. The average Bonchev–Trinajstić information content (AvgIpc) is 2.69. The van der Waals surface area contributed by atoms with E-state index in [9.17, 15) is 4.39 Å². The minimum atomic E-state index is -0.238. The molecule has 4 nitrogen and oxygen atoms in total. The zero-order chi connectivity index (χ0) is 17.9. The van der Waals surface area contributed by atoms with Crippen molar-refractivity contribution >= 4 is 5.95 Å². The topological polar surface area (TPSA) is 55.0 Å². The van der Waals surface area contributed by atoms with Gasteiger partial charge in [-0.2, -0.15) is 0 Å². The molecule has 1 atom stereocenters. The molecule has 2 N–H and O–H groups in total. The fourth-order valence-electron chi connectivity index (χ4n) is 4.61. The number of hydrogen-bond acceptors (Lipinski definition) is 4. The van der Waals surface area contributed by atoms with Gasteiger partial charge in [0.1, 0.15) is 5.82 Å². The van der Waals surface area contributed by atoms with Crippen molar-refractivity contribution in [2.75, 3.05) is 18.8 Å². The highest BCUT2D eigenvalue weighted by Gasteiger charge is 2.30. The number of nitrogens with two attached hydrogens (primary N) is 1.